The molecule has 0 radical (unpaired) electrons. The smallest absolute Gasteiger partial charge is 0.160 e. The lowest BCUT2D eigenvalue weighted by Crippen LogP contribution is -2.18. The van der Waals surface area contributed by atoms with Crippen LogP contribution in [-0.2, 0) is 0 Å². The lowest BCUT2D eigenvalue weighted by molar-refractivity contribution is 0.572. The van der Waals surface area contributed by atoms with E-state index >= 15 is 0 Å². The highest BCUT2D eigenvalue weighted by atomic mass is 79.9. The Bertz CT molecular complexity index is 181. The van der Waals surface area contributed by atoms with E-state index in [9.17, 15) is 0 Å². The molecule has 0 atom stereocenters. The Morgan fingerprint density at radius 2 is 0.714 bits per heavy atom. The van der Waals surface area contributed by atoms with Gasteiger partial charge >= 0.3 is 0 Å². The van der Waals surface area contributed by atoms with Gasteiger partial charge in [-0.05, 0) is 24.4 Å². The quantitative estimate of drug-likeness (QED) is 0.315. The Morgan fingerprint density at radius 1 is 0.571 bits per heavy atom. The molecule has 21 heavy (non-hydrogen) atoms. The Hall–Kier alpha value is 0.340. The van der Waals surface area contributed by atoms with Crippen LogP contribution in [0.5, 0.6) is 0 Å². The Balaban J connectivity index is -0.0000000722. The van der Waals surface area contributed by atoms with Crippen molar-refractivity contribution in [1.82, 2.24) is 0 Å². The van der Waals surface area contributed by atoms with Crippen molar-refractivity contribution >= 4 is 68.6 Å². The molecule has 0 heterocycles. The second kappa shape index (κ2) is 32.3. The lowest BCUT2D eigenvalue weighted by atomic mass is 10.1. The molecule has 0 amide bonds. The average molecular weight is 470 g/mol. The molecule has 8 heteroatoms. The molecule has 0 aromatic carbocycles. The first-order valence-corrected chi connectivity index (χ1v) is 7.79. The highest BCUT2D eigenvalue weighted by molar-refractivity contribution is 8.93. The fourth-order valence-corrected chi connectivity index (χ4v) is 1.38. The highest BCUT2D eigenvalue weighted by Crippen LogP contribution is 2.08. The van der Waals surface area contributed by atoms with Gasteiger partial charge in [0.05, 0.1) is 0 Å². The molecule has 0 aromatic heterocycles. The van der Waals surface area contributed by atoms with Gasteiger partial charge < -0.3 is 22.9 Å². The summed E-state index contributed by atoms with van der Waals surface area (Å²) in [7, 11) is 0. The van der Waals surface area contributed by atoms with E-state index in [1.165, 1.54) is 57.8 Å². The van der Waals surface area contributed by atoms with Crippen LogP contribution in [0.4, 0.5) is 0 Å². The van der Waals surface area contributed by atoms with Crippen LogP contribution in [0.1, 0.15) is 71.6 Å². The Labute approximate surface area is 162 Å². The van der Waals surface area contributed by atoms with Gasteiger partial charge in [0.15, 0.2) is 10.2 Å². The van der Waals surface area contributed by atoms with Gasteiger partial charge in [0.2, 0.25) is 0 Å². The fraction of sp³-hybridized carbons (Fsp3) is 0.846. The zero-order valence-corrected chi connectivity index (χ0v) is 18.4. The molecule has 0 rings (SSSR count). The normalized spacial score (nSPS) is 7.71. The summed E-state index contributed by atoms with van der Waals surface area (Å²) in [5.74, 6) is 0. The molecule has 0 saturated heterocycles. The SMILES string of the molecule is Br.Br.CCCCCCCCCCC.NC(N)=S.NC(N)=S. The summed E-state index contributed by atoms with van der Waals surface area (Å²) >= 11 is 8.19. The van der Waals surface area contributed by atoms with E-state index in [-0.39, 0.29) is 44.2 Å². The van der Waals surface area contributed by atoms with Crippen molar-refractivity contribution in [1.29, 1.82) is 0 Å². The third-order valence-corrected chi connectivity index (χ3v) is 2.21. The number of halogens is 2. The minimum Gasteiger partial charge on any atom is -0.377 e. The van der Waals surface area contributed by atoms with Crippen molar-refractivity contribution in [3.05, 3.63) is 0 Å². The van der Waals surface area contributed by atoms with E-state index in [1.807, 2.05) is 0 Å². The molecule has 0 aromatic rings. The first-order chi connectivity index (χ1) is 8.88. The van der Waals surface area contributed by atoms with Crippen molar-refractivity contribution < 1.29 is 0 Å². The second-order valence-electron chi connectivity index (χ2n) is 4.28. The monoisotopic (exact) mass is 468 g/mol. The maximum Gasteiger partial charge on any atom is 0.160 e. The standard InChI is InChI=1S/C11H24.2CH4N2S.2BrH/c1-3-5-7-9-11-10-8-6-4-2;2*2-1(3)4;;/h3-11H2,1-2H3;2*(H4,2,3,4);2*1H. The molecule has 0 aliphatic rings. The van der Waals surface area contributed by atoms with Crippen LogP contribution in [0.2, 0.25) is 0 Å². The Kier molecular flexibility index (Phi) is 50.9. The Morgan fingerprint density at radius 3 is 0.857 bits per heavy atom. The van der Waals surface area contributed by atoms with Crippen LogP contribution in [0, 0.1) is 0 Å². The van der Waals surface area contributed by atoms with Crippen LogP contribution in [-0.4, -0.2) is 10.2 Å². The van der Waals surface area contributed by atoms with Crippen LogP contribution in [0.3, 0.4) is 0 Å². The molecule has 4 nitrogen and oxygen atoms in total. The predicted octanol–water partition coefficient (Wildman–Crippen LogP) is 4.07. The molecule has 0 saturated carbocycles. The van der Waals surface area contributed by atoms with Crippen molar-refractivity contribution in [3.63, 3.8) is 0 Å². The molecular formula is C13H34Br2N4S2. The zero-order chi connectivity index (χ0) is 15.5. The van der Waals surface area contributed by atoms with Crippen LogP contribution < -0.4 is 22.9 Å². The summed E-state index contributed by atoms with van der Waals surface area (Å²) in [6.45, 7) is 4.55. The first kappa shape index (κ1) is 33.1. The van der Waals surface area contributed by atoms with Gasteiger partial charge in [0.1, 0.15) is 0 Å². The minimum absolute atomic E-state index is 0. The fourth-order valence-electron chi connectivity index (χ4n) is 1.38. The largest absolute Gasteiger partial charge is 0.377 e. The number of rotatable bonds is 8. The maximum absolute atomic E-state index is 4.62. The van der Waals surface area contributed by atoms with E-state index in [1.54, 1.807) is 0 Å². The predicted molar refractivity (Wildman–Crippen MR) is 115 cm³/mol. The zero-order valence-electron chi connectivity index (χ0n) is 13.3. The highest BCUT2D eigenvalue weighted by Gasteiger charge is 1.88. The summed E-state index contributed by atoms with van der Waals surface area (Å²) in [6.07, 6.45) is 13.0. The lowest BCUT2D eigenvalue weighted by Gasteiger charge is -1.98. The minimum atomic E-state index is 0. The third-order valence-electron chi connectivity index (χ3n) is 2.21. The van der Waals surface area contributed by atoms with Crippen LogP contribution in [0.25, 0.3) is 0 Å². The molecule has 0 spiro atoms. The van der Waals surface area contributed by atoms with Gasteiger partial charge in [-0.2, -0.15) is 0 Å². The van der Waals surface area contributed by atoms with E-state index in [0.717, 1.165) is 0 Å². The first-order valence-electron chi connectivity index (χ1n) is 6.98. The van der Waals surface area contributed by atoms with E-state index in [0.29, 0.717) is 0 Å². The van der Waals surface area contributed by atoms with E-state index in [4.69, 9.17) is 0 Å². The van der Waals surface area contributed by atoms with E-state index in [2.05, 4.69) is 61.2 Å². The molecule has 0 unspecified atom stereocenters. The molecule has 0 aliphatic carbocycles. The molecule has 0 aliphatic heterocycles. The summed E-state index contributed by atoms with van der Waals surface area (Å²) in [6, 6.07) is 0. The van der Waals surface area contributed by atoms with Crippen molar-refractivity contribution in [2.45, 2.75) is 71.6 Å². The van der Waals surface area contributed by atoms with Gasteiger partial charge in [0, 0.05) is 0 Å². The number of unbranched alkanes of at least 4 members (excludes halogenated alkanes) is 8. The topological polar surface area (TPSA) is 104 Å². The summed E-state index contributed by atoms with van der Waals surface area (Å²) in [5.41, 5.74) is 18.5. The van der Waals surface area contributed by atoms with Crippen molar-refractivity contribution in [2.75, 3.05) is 0 Å². The number of thiocarbonyl (C=S) groups is 2. The molecule has 0 fully saturated rings. The van der Waals surface area contributed by atoms with Crippen LogP contribution >= 0.6 is 58.4 Å². The average Bonchev–Trinajstić information content (AvgIpc) is 2.26. The third kappa shape index (κ3) is 98.4. The maximum atomic E-state index is 4.62. The summed E-state index contributed by atoms with van der Waals surface area (Å²) < 4.78 is 0. The van der Waals surface area contributed by atoms with Gasteiger partial charge in [0.25, 0.3) is 0 Å². The van der Waals surface area contributed by atoms with Gasteiger partial charge in [-0.3, -0.25) is 0 Å². The van der Waals surface area contributed by atoms with Gasteiger partial charge in [-0.15, -0.1) is 34.0 Å². The van der Waals surface area contributed by atoms with E-state index < -0.39 is 0 Å². The number of hydrogen-bond donors (Lipinski definition) is 4. The number of hydrogen-bond acceptors (Lipinski definition) is 2. The van der Waals surface area contributed by atoms with Crippen LogP contribution in [0.15, 0.2) is 0 Å². The second-order valence-corrected chi connectivity index (χ2v) is 5.22. The summed E-state index contributed by atoms with van der Waals surface area (Å²) in [4.78, 5) is 0. The molecule has 8 N–H and O–H groups in total. The van der Waals surface area contributed by atoms with Gasteiger partial charge in [-0.1, -0.05) is 71.6 Å². The molecular weight excluding hydrogens is 436 g/mol. The van der Waals surface area contributed by atoms with Crippen molar-refractivity contribution in [2.24, 2.45) is 22.9 Å². The van der Waals surface area contributed by atoms with Crippen molar-refractivity contribution in [3.8, 4) is 0 Å². The van der Waals surface area contributed by atoms with Gasteiger partial charge in [-0.25, -0.2) is 0 Å². The summed E-state index contributed by atoms with van der Waals surface area (Å²) in [5, 5.41) is 0.000000000000000444. The molecule has 0 bridgehead atoms. The molecule has 132 valence electrons. The number of nitrogens with two attached hydrogens (primary N) is 4.